The number of esters is 1. The summed E-state index contributed by atoms with van der Waals surface area (Å²) in [6.45, 7) is 1.88. The van der Waals surface area contributed by atoms with Gasteiger partial charge in [0.1, 0.15) is 12.7 Å². The fraction of sp³-hybridized carbons (Fsp3) is 0.417. The average molecular weight is 224 g/mol. The van der Waals surface area contributed by atoms with E-state index in [0.717, 1.165) is 5.56 Å². The van der Waals surface area contributed by atoms with Crippen LogP contribution in [0, 0.1) is 0 Å². The fourth-order valence-corrected chi connectivity index (χ4v) is 1.15. The van der Waals surface area contributed by atoms with Crippen LogP contribution in [0.15, 0.2) is 30.3 Å². The Morgan fingerprint density at radius 2 is 2.00 bits per heavy atom. The van der Waals surface area contributed by atoms with E-state index in [9.17, 15) is 9.90 Å². The molecule has 88 valence electrons. The largest absolute Gasteiger partial charge is 0.463 e. The van der Waals surface area contributed by atoms with Crippen molar-refractivity contribution in [2.24, 2.45) is 0 Å². The van der Waals surface area contributed by atoms with Gasteiger partial charge in [0, 0.05) is 6.92 Å². The third-order valence-corrected chi connectivity index (χ3v) is 1.90. The Hall–Kier alpha value is -1.39. The van der Waals surface area contributed by atoms with Crippen LogP contribution in [0.4, 0.5) is 0 Å². The van der Waals surface area contributed by atoms with Crippen molar-refractivity contribution < 1.29 is 19.4 Å². The molecule has 1 aromatic rings. The summed E-state index contributed by atoms with van der Waals surface area (Å²) < 4.78 is 9.91. The first-order chi connectivity index (χ1) is 7.68. The van der Waals surface area contributed by atoms with Crippen molar-refractivity contribution in [3.05, 3.63) is 35.9 Å². The molecule has 0 aliphatic heterocycles. The molecule has 0 radical (unpaired) electrons. The number of aliphatic hydroxyl groups is 1. The summed E-state index contributed by atoms with van der Waals surface area (Å²) in [6.07, 6.45) is -0.771. The molecule has 0 fully saturated rings. The van der Waals surface area contributed by atoms with Gasteiger partial charge in [-0.3, -0.25) is 4.79 Å². The molecular formula is C12H16O4. The Kier molecular flexibility index (Phi) is 5.53. The third-order valence-electron chi connectivity index (χ3n) is 1.90. The molecule has 1 atom stereocenters. The number of benzene rings is 1. The number of aliphatic hydroxyl groups excluding tert-OH is 1. The van der Waals surface area contributed by atoms with Crippen LogP contribution in [0.5, 0.6) is 0 Å². The Balaban J connectivity index is 2.13. The van der Waals surface area contributed by atoms with Crippen molar-refractivity contribution in [1.29, 1.82) is 0 Å². The molecule has 0 aliphatic rings. The van der Waals surface area contributed by atoms with E-state index >= 15 is 0 Å². The van der Waals surface area contributed by atoms with Crippen molar-refractivity contribution >= 4 is 5.97 Å². The molecule has 0 saturated heterocycles. The van der Waals surface area contributed by atoms with E-state index in [1.165, 1.54) is 6.92 Å². The number of carbonyl (C=O) groups excluding carboxylic acids is 1. The van der Waals surface area contributed by atoms with Crippen molar-refractivity contribution in [2.45, 2.75) is 19.6 Å². The van der Waals surface area contributed by atoms with Gasteiger partial charge in [-0.1, -0.05) is 30.3 Å². The number of hydrogen-bond donors (Lipinski definition) is 1. The molecule has 0 heterocycles. The van der Waals surface area contributed by atoms with Crippen LogP contribution in [-0.4, -0.2) is 30.4 Å². The van der Waals surface area contributed by atoms with Crippen LogP contribution in [0.25, 0.3) is 0 Å². The molecule has 1 rings (SSSR count). The normalized spacial score (nSPS) is 12.1. The number of ether oxygens (including phenoxy) is 2. The minimum absolute atomic E-state index is 0.0237. The minimum atomic E-state index is -0.771. The lowest BCUT2D eigenvalue weighted by molar-refractivity contribution is -0.145. The molecule has 4 nitrogen and oxygen atoms in total. The van der Waals surface area contributed by atoms with Gasteiger partial charge < -0.3 is 14.6 Å². The predicted octanol–water partition coefficient (Wildman–Crippen LogP) is 1.13. The van der Waals surface area contributed by atoms with Gasteiger partial charge in [0.2, 0.25) is 0 Å². The van der Waals surface area contributed by atoms with Crippen LogP contribution in [0.1, 0.15) is 12.5 Å². The first-order valence-corrected chi connectivity index (χ1v) is 5.11. The predicted molar refractivity (Wildman–Crippen MR) is 58.7 cm³/mol. The zero-order valence-corrected chi connectivity index (χ0v) is 9.26. The maximum Gasteiger partial charge on any atom is 0.302 e. The Bertz CT molecular complexity index is 310. The first kappa shape index (κ1) is 12.7. The van der Waals surface area contributed by atoms with Crippen LogP contribution < -0.4 is 0 Å². The summed E-state index contributed by atoms with van der Waals surface area (Å²) in [5.74, 6) is -0.401. The van der Waals surface area contributed by atoms with Crippen LogP contribution in [0.2, 0.25) is 0 Å². The lowest BCUT2D eigenvalue weighted by Crippen LogP contribution is -2.22. The third kappa shape index (κ3) is 5.48. The Labute approximate surface area is 94.8 Å². The van der Waals surface area contributed by atoms with E-state index in [-0.39, 0.29) is 13.2 Å². The van der Waals surface area contributed by atoms with Gasteiger partial charge in [-0.25, -0.2) is 0 Å². The second-order valence-electron chi connectivity index (χ2n) is 3.46. The molecule has 0 spiro atoms. The second-order valence-corrected chi connectivity index (χ2v) is 3.46. The summed E-state index contributed by atoms with van der Waals surface area (Å²) in [4.78, 5) is 10.5. The van der Waals surface area contributed by atoms with E-state index in [4.69, 9.17) is 4.74 Å². The summed E-state index contributed by atoms with van der Waals surface area (Å²) >= 11 is 0. The van der Waals surface area contributed by atoms with Gasteiger partial charge in [0.25, 0.3) is 0 Å². The maximum atomic E-state index is 10.5. The van der Waals surface area contributed by atoms with Crippen LogP contribution in [-0.2, 0) is 20.9 Å². The lowest BCUT2D eigenvalue weighted by Gasteiger charge is -2.10. The molecule has 0 aliphatic carbocycles. The Morgan fingerprint density at radius 1 is 1.31 bits per heavy atom. The van der Waals surface area contributed by atoms with E-state index in [2.05, 4.69) is 4.74 Å². The highest BCUT2D eigenvalue weighted by Gasteiger charge is 2.06. The molecule has 1 unspecified atom stereocenters. The number of hydrogen-bond acceptors (Lipinski definition) is 4. The monoisotopic (exact) mass is 224 g/mol. The molecule has 16 heavy (non-hydrogen) atoms. The van der Waals surface area contributed by atoms with Gasteiger partial charge >= 0.3 is 5.97 Å². The SMILES string of the molecule is CC(=O)OCC(O)COCc1ccccc1. The smallest absolute Gasteiger partial charge is 0.302 e. The van der Waals surface area contributed by atoms with Crippen molar-refractivity contribution in [2.75, 3.05) is 13.2 Å². The van der Waals surface area contributed by atoms with Crippen LogP contribution in [0.3, 0.4) is 0 Å². The van der Waals surface area contributed by atoms with E-state index in [0.29, 0.717) is 6.61 Å². The lowest BCUT2D eigenvalue weighted by atomic mass is 10.2. The molecule has 1 aromatic carbocycles. The fourth-order valence-electron chi connectivity index (χ4n) is 1.15. The minimum Gasteiger partial charge on any atom is -0.463 e. The van der Waals surface area contributed by atoms with Gasteiger partial charge in [-0.15, -0.1) is 0 Å². The standard InChI is InChI=1S/C12H16O4/c1-10(13)16-9-12(14)8-15-7-11-5-3-2-4-6-11/h2-6,12,14H,7-9H2,1H3. The van der Waals surface area contributed by atoms with Crippen molar-refractivity contribution in [3.8, 4) is 0 Å². The summed E-state index contributed by atoms with van der Waals surface area (Å²) in [5, 5.41) is 9.37. The number of carbonyl (C=O) groups is 1. The molecular weight excluding hydrogens is 208 g/mol. The highest BCUT2D eigenvalue weighted by atomic mass is 16.5. The van der Waals surface area contributed by atoms with E-state index < -0.39 is 12.1 Å². The molecule has 0 amide bonds. The zero-order chi connectivity index (χ0) is 11.8. The molecule has 1 N–H and O–H groups in total. The zero-order valence-electron chi connectivity index (χ0n) is 9.26. The average Bonchev–Trinajstić information content (AvgIpc) is 2.28. The van der Waals surface area contributed by atoms with Gasteiger partial charge in [-0.2, -0.15) is 0 Å². The number of rotatable bonds is 6. The van der Waals surface area contributed by atoms with Crippen LogP contribution >= 0.6 is 0 Å². The van der Waals surface area contributed by atoms with E-state index in [1.807, 2.05) is 30.3 Å². The van der Waals surface area contributed by atoms with Gasteiger partial charge in [-0.05, 0) is 5.56 Å². The first-order valence-electron chi connectivity index (χ1n) is 5.11. The van der Waals surface area contributed by atoms with Crippen molar-refractivity contribution in [3.63, 3.8) is 0 Å². The second kappa shape index (κ2) is 6.98. The van der Waals surface area contributed by atoms with Gasteiger partial charge in [0.15, 0.2) is 0 Å². The summed E-state index contributed by atoms with van der Waals surface area (Å²) in [5.41, 5.74) is 1.04. The highest BCUT2D eigenvalue weighted by Crippen LogP contribution is 2.01. The van der Waals surface area contributed by atoms with E-state index in [1.54, 1.807) is 0 Å². The Morgan fingerprint density at radius 3 is 2.62 bits per heavy atom. The topological polar surface area (TPSA) is 55.8 Å². The molecule has 4 heteroatoms. The van der Waals surface area contributed by atoms with Gasteiger partial charge in [0.05, 0.1) is 13.2 Å². The molecule has 0 saturated carbocycles. The summed E-state index contributed by atoms with van der Waals surface area (Å²) in [7, 11) is 0. The molecule has 0 aromatic heterocycles. The van der Waals surface area contributed by atoms with Crippen molar-refractivity contribution in [1.82, 2.24) is 0 Å². The highest BCUT2D eigenvalue weighted by molar-refractivity contribution is 5.65. The summed E-state index contributed by atoms with van der Waals surface area (Å²) in [6, 6.07) is 9.66. The maximum absolute atomic E-state index is 10.5. The quantitative estimate of drug-likeness (QED) is 0.736. The molecule has 0 bridgehead atoms.